The van der Waals surface area contributed by atoms with Gasteiger partial charge in [0.05, 0.1) is 12.1 Å². The molecule has 3 nitrogen and oxygen atoms in total. The van der Waals surface area contributed by atoms with E-state index in [1.54, 1.807) is 0 Å². The molecule has 1 heterocycles. The van der Waals surface area contributed by atoms with E-state index in [4.69, 9.17) is 0 Å². The molecule has 2 aliphatic rings. The summed E-state index contributed by atoms with van der Waals surface area (Å²) >= 11 is 0. The van der Waals surface area contributed by atoms with Crippen molar-refractivity contribution in [2.45, 2.75) is 64.7 Å². The fourth-order valence-electron chi connectivity index (χ4n) is 3.24. The number of piperazine rings is 1. The zero-order valence-electron chi connectivity index (χ0n) is 12.6. The van der Waals surface area contributed by atoms with Gasteiger partial charge in [-0.1, -0.05) is 6.58 Å². The van der Waals surface area contributed by atoms with Crippen LogP contribution in [0.1, 0.15) is 41.5 Å². The first-order chi connectivity index (χ1) is 8.05. The Hall–Kier alpha value is -0.670. The van der Waals surface area contributed by atoms with Crippen LogP contribution in [0.4, 0.5) is 0 Å². The Morgan fingerprint density at radius 1 is 0.944 bits per heavy atom. The molecule has 1 saturated heterocycles. The fourth-order valence-corrected chi connectivity index (χ4v) is 3.24. The van der Waals surface area contributed by atoms with Gasteiger partial charge in [-0.25, -0.2) is 0 Å². The summed E-state index contributed by atoms with van der Waals surface area (Å²) in [5.41, 5.74) is 0.934. The third-order valence-electron chi connectivity index (χ3n) is 4.22. The van der Waals surface area contributed by atoms with Crippen molar-refractivity contribution in [3.05, 3.63) is 12.2 Å². The zero-order valence-corrected chi connectivity index (χ0v) is 12.6. The molecule has 0 aromatic carbocycles. The molecule has 1 aliphatic heterocycles. The molecule has 2 atom stereocenters. The second-order valence-corrected chi connectivity index (χ2v) is 7.51. The molecule has 0 N–H and O–H groups in total. The van der Waals surface area contributed by atoms with E-state index in [0.717, 1.165) is 18.7 Å². The number of ketones is 1. The van der Waals surface area contributed by atoms with Crippen molar-refractivity contribution in [1.29, 1.82) is 0 Å². The summed E-state index contributed by atoms with van der Waals surface area (Å²) in [7, 11) is 0. The van der Waals surface area contributed by atoms with E-state index in [9.17, 15) is 4.79 Å². The Labute approximate surface area is 111 Å². The predicted octanol–water partition coefficient (Wildman–Crippen LogP) is 2.08. The smallest absolute Gasteiger partial charge is 0.178 e. The van der Waals surface area contributed by atoms with E-state index in [-0.39, 0.29) is 28.9 Å². The Morgan fingerprint density at radius 3 is 1.72 bits per heavy atom. The summed E-state index contributed by atoms with van der Waals surface area (Å²) in [6.45, 7) is 19.2. The molecule has 3 heteroatoms. The van der Waals surface area contributed by atoms with Crippen molar-refractivity contribution < 1.29 is 4.79 Å². The van der Waals surface area contributed by atoms with Crippen LogP contribution < -0.4 is 0 Å². The molecule has 1 aliphatic carbocycles. The third kappa shape index (κ3) is 1.94. The normalized spacial score (nSPS) is 31.2. The van der Waals surface area contributed by atoms with Gasteiger partial charge in [-0.15, -0.1) is 0 Å². The molecule has 0 amide bonds. The van der Waals surface area contributed by atoms with Gasteiger partial charge in [0.1, 0.15) is 0 Å². The van der Waals surface area contributed by atoms with Crippen molar-refractivity contribution in [1.82, 2.24) is 9.80 Å². The van der Waals surface area contributed by atoms with Crippen molar-refractivity contribution in [3.63, 3.8) is 0 Å². The average molecular weight is 250 g/mol. The first kappa shape index (κ1) is 13.8. The fraction of sp³-hybridized carbons (Fsp3) is 0.800. The standard InChI is InChI=1S/C15H26N2O/c1-10-11-12(13(10)18)17(15(5,6)7)9-8-16(11)14(2,3)4/h11-12H,1,8-9H2,2-7H3. The highest BCUT2D eigenvalue weighted by molar-refractivity contribution is 6.08. The lowest BCUT2D eigenvalue weighted by atomic mass is 9.73. The number of carbonyl (C=O) groups is 1. The maximum absolute atomic E-state index is 12.2. The molecule has 0 bridgehead atoms. The van der Waals surface area contributed by atoms with Gasteiger partial charge in [0.2, 0.25) is 0 Å². The molecule has 2 unspecified atom stereocenters. The van der Waals surface area contributed by atoms with Crippen LogP contribution in [0.15, 0.2) is 12.2 Å². The van der Waals surface area contributed by atoms with E-state index in [0.29, 0.717) is 0 Å². The second kappa shape index (κ2) is 3.91. The molecular formula is C15H26N2O. The molecule has 18 heavy (non-hydrogen) atoms. The minimum absolute atomic E-state index is 0.0190. The van der Waals surface area contributed by atoms with Crippen LogP contribution >= 0.6 is 0 Å². The topological polar surface area (TPSA) is 23.6 Å². The number of hydrogen-bond acceptors (Lipinski definition) is 3. The minimum Gasteiger partial charge on any atom is -0.293 e. The number of fused-ring (bicyclic) bond motifs is 1. The van der Waals surface area contributed by atoms with Crippen LogP contribution in [0.5, 0.6) is 0 Å². The Kier molecular flexibility index (Phi) is 2.99. The van der Waals surface area contributed by atoms with Gasteiger partial charge in [0.15, 0.2) is 5.78 Å². The van der Waals surface area contributed by atoms with Gasteiger partial charge in [-0.3, -0.25) is 14.6 Å². The maximum Gasteiger partial charge on any atom is 0.178 e. The first-order valence-electron chi connectivity index (χ1n) is 6.81. The summed E-state index contributed by atoms with van der Waals surface area (Å²) in [5, 5.41) is 0. The molecule has 0 spiro atoms. The van der Waals surface area contributed by atoms with Gasteiger partial charge in [-0.2, -0.15) is 0 Å². The number of nitrogens with zero attached hydrogens (tertiary/aromatic N) is 2. The van der Waals surface area contributed by atoms with Crippen molar-refractivity contribution in [3.8, 4) is 0 Å². The summed E-state index contributed by atoms with van der Waals surface area (Å²) < 4.78 is 0. The lowest BCUT2D eigenvalue weighted by molar-refractivity contribution is -0.144. The molecule has 102 valence electrons. The summed E-state index contributed by atoms with van der Waals surface area (Å²) in [6, 6.07) is 0.232. The Bertz CT molecular complexity index is 348. The Morgan fingerprint density at radius 2 is 1.33 bits per heavy atom. The van der Waals surface area contributed by atoms with E-state index in [2.05, 4.69) is 57.9 Å². The van der Waals surface area contributed by atoms with Gasteiger partial charge in [0, 0.05) is 29.7 Å². The quantitative estimate of drug-likeness (QED) is 0.615. The molecule has 0 aromatic rings. The Balaban J connectivity index is 2.30. The average Bonchev–Trinajstić information content (AvgIpc) is 2.23. The summed E-state index contributed by atoms with van der Waals surface area (Å²) in [6.07, 6.45) is 0. The molecular weight excluding hydrogens is 224 g/mol. The van der Waals surface area contributed by atoms with E-state index in [1.807, 2.05) is 0 Å². The highest BCUT2D eigenvalue weighted by atomic mass is 16.1. The lowest BCUT2D eigenvalue weighted by Gasteiger charge is -2.60. The monoisotopic (exact) mass is 250 g/mol. The van der Waals surface area contributed by atoms with Crippen molar-refractivity contribution in [2.75, 3.05) is 13.1 Å². The van der Waals surface area contributed by atoms with E-state index >= 15 is 0 Å². The number of hydrogen-bond donors (Lipinski definition) is 0. The number of Topliss-reactive ketones (excluding diaryl/α,β-unsaturated/α-hetero) is 1. The van der Waals surface area contributed by atoms with Crippen LogP contribution in [0.25, 0.3) is 0 Å². The SMILES string of the molecule is C=C1C(=O)C2C1N(C(C)(C)C)CCN2C(C)(C)C. The summed E-state index contributed by atoms with van der Waals surface area (Å²) in [5.74, 6) is 0.240. The van der Waals surface area contributed by atoms with Crippen LogP contribution in [0, 0.1) is 0 Å². The maximum atomic E-state index is 12.2. The number of carbonyl (C=O) groups excluding carboxylic acids is 1. The highest BCUT2D eigenvalue weighted by Crippen LogP contribution is 2.40. The molecule has 0 aromatic heterocycles. The van der Waals surface area contributed by atoms with E-state index in [1.165, 1.54) is 0 Å². The van der Waals surface area contributed by atoms with Crippen molar-refractivity contribution >= 4 is 5.78 Å². The van der Waals surface area contributed by atoms with Crippen LogP contribution in [0.2, 0.25) is 0 Å². The largest absolute Gasteiger partial charge is 0.293 e. The third-order valence-corrected chi connectivity index (χ3v) is 4.22. The van der Waals surface area contributed by atoms with Gasteiger partial charge >= 0.3 is 0 Å². The molecule has 0 radical (unpaired) electrons. The lowest BCUT2D eigenvalue weighted by Crippen LogP contribution is -2.75. The van der Waals surface area contributed by atoms with Gasteiger partial charge in [-0.05, 0) is 41.5 Å². The van der Waals surface area contributed by atoms with E-state index < -0.39 is 0 Å². The van der Waals surface area contributed by atoms with Crippen LogP contribution in [0.3, 0.4) is 0 Å². The molecule has 2 rings (SSSR count). The van der Waals surface area contributed by atoms with Crippen LogP contribution in [-0.4, -0.2) is 51.8 Å². The van der Waals surface area contributed by atoms with Gasteiger partial charge in [0.25, 0.3) is 0 Å². The molecule has 1 saturated carbocycles. The highest BCUT2D eigenvalue weighted by Gasteiger charge is 2.56. The minimum atomic E-state index is 0.0190. The van der Waals surface area contributed by atoms with Crippen LogP contribution in [-0.2, 0) is 4.79 Å². The predicted molar refractivity (Wildman–Crippen MR) is 74.6 cm³/mol. The second-order valence-electron chi connectivity index (χ2n) is 7.51. The first-order valence-corrected chi connectivity index (χ1v) is 6.81. The van der Waals surface area contributed by atoms with Crippen molar-refractivity contribution in [2.24, 2.45) is 0 Å². The van der Waals surface area contributed by atoms with Gasteiger partial charge < -0.3 is 0 Å². The summed E-state index contributed by atoms with van der Waals surface area (Å²) in [4.78, 5) is 16.9. The molecule has 2 fully saturated rings. The zero-order chi connectivity index (χ0) is 13.9. The number of rotatable bonds is 0.